The summed E-state index contributed by atoms with van der Waals surface area (Å²) in [6.45, 7) is 0. The molecule has 0 saturated carbocycles. The predicted molar refractivity (Wildman–Crippen MR) is 323 cm³/mol. The third-order valence-electron chi connectivity index (χ3n) is 16.3. The molecular formula is C75H50N2. The Morgan fingerprint density at radius 1 is 0.195 bits per heavy atom. The number of benzene rings is 13. The van der Waals surface area contributed by atoms with Gasteiger partial charge in [0.25, 0.3) is 0 Å². The van der Waals surface area contributed by atoms with Crippen LogP contribution >= 0.6 is 0 Å². The van der Waals surface area contributed by atoms with Crippen molar-refractivity contribution < 1.29 is 0 Å². The largest absolute Gasteiger partial charge is 0.311 e. The Kier molecular flexibility index (Phi) is 10.5. The van der Waals surface area contributed by atoms with Gasteiger partial charge in [0.1, 0.15) is 0 Å². The van der Waals surface area contributed by atoms with E-state index in [1.54, 1.807) is 0 Å². The summed E-state index contributed by atoms with van der Waals surface area (Å²) >= 11 is 0. The summed E-state index contributed by atoms with van der Waals surface area (Å²) in [6, 6.07) is 112. The third-order valence-corrected chi connectivity index (χ3v) is 16.3. The number of para-hydroxylation sites is 2. The second kappa shape index (κ2) is 18.1. The Bertz CT molecular complexity index is 4190. The van der Waals surface area contributed by atoms with E-state index in [0.717, 1.165) is 45.3 Å². The van der Waals surface area contributed by atoms with E-state index >= 15 is 0 Å². The molecule has 0 radical (unpaired) electrons. The van der Waals surface area contributed by atoms with Crippen LogP contribution in [0.25, 0.3) is 77.2 Å². The van der Waals surface area contributed by atoms with E-state index in [-0.39, 0.29) is 0 Å². The molecule has 0 atom stereocenters. The zero-order valence-electron chi connectivity index (χ0n) is 42.3. The van der Waals surface area contributed by atoms with Gasteiger partial charge < -0.3 is 9.80 Å². The maximum atomic E-state index is 2.49. The smallest absolute Gasteiger partial charge is 0.0726 e. The average Bonchev–Trinajstić information content (AvgIpc) is 3.74. The van der Waals surface area contributed by atoms with Gasteiger partial charge in [-0.2, -0.15) is 0 Å². The number of fused-ring (bicyclic) bond motifs is 12. The fourth-order valence-electron chi connectivity index (χ4n) is 13.0. The highest BCUT2D eigenvalue weighted by atomic mass is 15.1. The molecule has 0 saturated heterocycles. The lowest BCUT2D eigenvalue weighted by Crippen LogP contribution is -2.26. The molecule has 1 spiro atoms. The molecule has 13 aromatic rings. The minimum absolute atomic E-state index is 0.467. The van der Waals surface area contributed by atoms with E-state index in [9.17, 15) is 0 Å². The molecule has 0 aromatic heterocycles. The fourth-order valence-corrected chi connectivity index (χ4v) is 13.0. The van der Waals surface area contributed by atoms with Gasteiger partial charge in [-0.1, -0.05) is 231 Å². The van der Waals surface area contributed by atoms with Crippen LogP contribution in [0.2, 0.25) is 0 Å². The Hall–Kier alpha value is -10.0. The minimum Gasteiger partial charge on any atom is -0.311 e. The van der Waals surface area contributed by atoms with Crippen LogP contribution in [-0.2, 0) is 5.41 Å². The quantitative estimate of drug-likeness (QED) is 0.133. The predicted octanol–water partition coefficient (Wildman–Crippen LogP) is 20.3. The number of hydrogen-bond donors (Lipinski definition) is 0. The summed E-state index contributed by atoms with van der Waals surface area (Å²) < 4.78 is 0. The zero-order valence-corrected chi connectivity index (χ0v) is 42.3. The molecular weight excluding hydrogens is 929 g/mol. The van der Waals surface area contributed by atoms with Gasteiger partial charge in [-0.3, -0.25) is 0 Å². The summed E-state index contributed by atoms with van der Waals surface area (Å²) in [5.41, 5.74) is 23.9. The van der Waals surface area contributed by atoms with Crippen molar-refractivity contribution in [3.8, 4) is 55.6 Å². The van der Waals surface area contributed by atoms with E-state index in [4.69, 9.17) is 0 Å². The summed E-state index contributed by atoms with van der Waals surface area (Å²) in [5.74, 6) is 0. The second-order valence-corrected chi connectivity index (χ2v) is 20.3. The van der Waals surface area contributed by atoms with E-state index in [0.29, 0.717) is 0 Å². The monoisotopic (exact) mass is 978 g/mol. The maximum absolute atomic E-state index is 2.49. The highest BCUT2D eigenvalue weighted by Crippen LogP contribution is 2.63. The Balaban J connectivity index is 0.878. The molecule has 0 bridgehead atoms. The molecule has 0 heterocycles. The van der Waals surface area contributed by atoms with E-state index in [1.165, 1.54) is 88.3 Å². The first kappa shape index (κ1) is 44.5. The van der Waals surface area contributed by atoms with E-state index in [2.05, 4.69) is 313 Å². The normalized spacial score (nSPS) is 12.5. The van der Waals surface area contributed by atoms with Gasteiger partial charge in [-0.25, -0.2) is 0 Å². The lowest BCUT2D eigenvalue weighted by molar-refractivity contribution is 0.793. The van der Waals surface area contributed by atoms with Crippen LogP contribution in [-0.4, -0.2) is 0 Å². The van der Waals surface area contributed by atoms with Crippen LogP contribution in [0, 0.1) is 0 Å². The van der Waals surface area contributed by atoms with Gasteiger partial charge >= 0.3 is 0 Å². The van der Waals surface area contributed by atoms with Crippen molar-refractivity contribution >= 4 is 55.7 Å². The molecule has 0 amide bonds. The first-order valence-corrected chi connectivity index (χ1v) is 26.7. The molecule has 2 heteroatoms. The van der Waals surface area contributed by atoms with Gasteiger partial charge in [0.2, 0.25) is 0 Å². The summed E-state index contributed by atoms with van der Waals surface area (Å²) in [5, 5.41) is 4.99. The highest BCUT2D eigenvalue weighted by molar-refractivity contribution is 6.21. The zero-order chi connectivity index (χ0) is 50.9. The van der Waals surface area contributed by atoms with Crippen molar-refractivity contribution in [2.45, 2.75) is 5.41 Å². The van der Waals surface area contributed by atoms with E-state index < -0.39 is 5.41 Å². The van der Waals surface area contributed by atoms with Gasteiger partial charge in [-0.15, -0.1) is 0 Å². The SMILES string of the molecule is c1ccc(-c2c3ccccc3c(-c3ccc(N(c4ccc(-c5ccc(N(c6ccccc6)c6ccccc6)cc5)cc4)c4ccc5c(c4)C4(c6ccccc6-c6ccccc64)c4ccccc4-5)cc3)c3ccccc23)cc1. The standard InChI is InChI=1S/C75H50N2/c1-4-20-53(21-5-1)73-65-29-10-12-31-67(65)74(68-32-13-11-30-66(68)73)54-40-46-59(47-41-54)77(58-44-38-52(39-45-58)51-36-42-57(43-37-51)76(55-22-6-2-7-23-55)56-24-8-3-9-25-56)60-48-49-64-63-28-16-19-35-71(63)75(72(64)50-60)69-33-17-14-26-61(69)62-27-15-18-34-70(62)75/h1-50H. The summed E-state index contributed by atoms with van der Waals surface area (Å²) in [4.78, 5) is 4.76. The summed E-state index contributed by atoms with van der Waals surface area (Å²) in [6.07, 6.45) is 0. The Labute approximate surface area is 449 Å². The number of rotatable bonds is 9. The van der Waals surface area contributed by atoms with Crippen LogP contribution in [0.15, 0.2) is 303 Å². The van der Waals surface area contributed by atoms with Crippen molar-refractivity contribution in [2.24, 2.45) is 0 Å². The third kappa shape index (κ3) is 7.03. The maximum Gasteiger partial charge on any atom is 0.0726 e. The van der Waals surface area contributed by atoms with Gasteiger partial charge in [0.15, 0.2) is 0 Å². The number of nitrogens with zero attached hydrogens (tertiary/aromatic N) is 2. The molecule has 2 aliphatic rings. The van der Waals surface area contributed by atoms with Crippen LogP contribution in [0.1, 0.15) is 22.3 Å². The fraction of sp³-hybridized carbons (Fsp3) is 0.0133. The molecule has 360 valence electrons. The number of hydrogen-bond acceptors (Lipinski definition) is 2. The topological polar surface area (TPSA) is 6.48 Å². The van der Waals surface area contributed by atoms with Crippen LogP contribution in [0.5, 0.6) is 0 Å². The van der Waals surface area contributed by atoms with Crippen molar-refractivity contribution in [1.82, 2.24) is 0 Å². The first-order valence-electron chi connectivity index (χ1n) is 26.7. The molecule has 0 aliphatic heterocycles. The van der Waals surface area contributed by atoms with Crippen LogP contribution in [0.3, 0.4) is 0 Å². The van der Waals surface area contributed by atoms with Crippen LogP contribution in [0.4, 0.5) is 34.1 Å². The highest BCUT2D eigenvalue weighted by Gasteiger charge is 2.51. The van der Waals surface area contributed by atoms with Crippen molar-refractivity contribution in [1.29, 1.82) is 0 Å². The van der Waals surface area contributed by atoms with Crippen molar-refractivity contribution in [3.05, 3.63) is 326 Å². The van der Waals surface area contributed by atoms with Crippen molar-refractivity contribution in [2.75, 3.05) is 9.80 Å². The molecule has 2 aliphatic carbocycles. The second-order valence-electron chi connectivity index (χ2n) is 20.3. The molecule has 2 nitrogen and oxygen atoms in total. The Morgan fingerprint density at radius 3 is 0.896 bits per heavy atom. The first-order chi connectivity index (χ1) is 38.2. The molecule has 15 rings (SSSR count). The van der Waals surface area contributed by atoms with Gasteiger partial charge in [0.05, 0.1) is 5.41 Å². The molecule has 77 heavy (non-hydrogen) atoms. The molecule has 0 fully saturated rings. The Morgan fingerprint density at radius 2 is 0.481 bits per heavy atom. The van der Waals surface area contributed by atoms with E-state index in [1.807, 2.05) is 0 Å². The lowest BCUT2D eigenvalue weighted by Gasteiger charge is -2.32. The van der Waals surface area contributed by atoms with Gasteiger partial charge in [-0.05, 0) is 172 Å². The lowest BCUT2D eigenvalue weighted by atomic mass is 9.70. The number of anilines is 6. The molecule has 0 N–H and O–H groups in total. The average molecular weight is 979 g/mol. The molecule has 0 unspecified atom stereocenters. The molecule has 13 aromatic carbocycles. The van der Waals surface area contributed by atoms with Gasteiger partial charge in [0, 0.05) is 34.1 Å². The van der Waals surface area contributed by atoms with Crippen molar-refractivity contribution in [3.63, 3.8) is 0 Å². The minimum atomic E-state index is -0.467. The van der Waals surface area contributed by atoms with Crippen LogP contribution < -0.4 is 9.80 Å². The summed E-state index contributed by atoms with van der Waals surface area (Å²) in [7, 11) is 0.